The zero-order chi connectivity index (χ0) is 20.2. The first-order valence-electron chi connectivity index (χ1n) is 9.57. The van der Waals surface area contributed by atoms with Gasteiger partial charge in [0.15, 0.2) is 5.76 Å². The molecule has 5 nitrogen and oxygen atoms in total. The SMILES string of the molecule is CCOc1ccc(/C=C/C(=O)N2CCc3c(noc3-c3ccc(F)cc3)C2)cc1. The first-order valence-corrected chi connectivity index (χ1v) is 9.57. The van der Waals surface area contributed by atoms with Crippen LogP contribution < -0.4 is 4.74 Å². The number of halogens is 1. The zero-order valence-electron chi connectivity index (χ0n) is 16.1. The van der Waals surface area contributed by atoms with Crippen LogP contribution in [0.25, 0.3) is 17.4 Å². The van der Waals surface area contributed by atoms with E-state index < -0.39 is 0 Å². The van der Waals surface area contributed by atoms with Crippen molar-refractivity contribution in [1.29, 1.82) is 0 Å². The highest BCUT2D eigenvalue weighted by Crippen LogP contribution is 2.30. The molecule has 2 heterocycles. The highest BCUT2D eigenvalue weighted by atomic mass is 19.1. The molecule has 1 aromatic heterocycles. The van der Waals surface area contributed by atoms with E-state index in [1.165, 1.54) is 12.1 Å². The number of hydrogen-bond donors (Lipinski definition) is 0. The maximum atomic E-state index is 13.2. The molecule has 6 heteroatoms. The van der Waals surface area contributed by atoms with Crippen molar-refractivity contribution >= 4 is 12.0 Å². The highest BCUT2D eigenvalue weighted by Gasteiger charge is 2.26. The van der Waals surface area contributed by atoms with Gasteiger partial charge in [-0.05, 0) is 61.4 Å². The summed E-state index contributed by atoms with van der Waals surface area (Å²) in [6.45, 7) is 3.53. The van der Waals surface area contributed by atoms with E-state index >= 15 is 0 Å². The quantitative estimate of drug-likeness (QED) is 0.601. The average Bonchev–Trinajstić information content (AvgIpc) is 3.17. The molecule has 0 spiro atoms. The minimum atomic E-state index is -0.293. The monoisotopic (exact) mass is 392 g/mol. The molecule has 1 aliphatic rings. The third-order valence-corrected chi connectivity index (χ3v) is 4.87. The number of fused-ring (bicyclic) bond motifs is 1. The Balaban J connectivity index is 1.43. The second kappa shape index (κ2) is 8.31. The summed E-state index contributed by atoms with van der Waals surface area (Å²) in [5.74, 6) is 1.09. The molecule has 2 aromatic carbocycles. The molecule has 4 rings (SSSR count). The largest absolute Gasteiger partial charge is 0.494 e. The van der Waals surface area contributed by atoms with E-state index in [0.717, 1.165) is 28.1 Å². The summed E-state index contributed by atoms with van der Waals surface area (Å²) < 4.78 is 24.1. The second-order valence-corrected chi connectivity index (χ2v) is 6.79. The molecule has 1 amide bonds. The zero-order valence-corrected chi connectivity index (χ0v) is 16.1. The number of amides is 1. The molecule has 0 aliphatic carbocycles. The van der Waals surface area contributed by atoms with Crippen molar-refractivity contribution in [3.8, 4) is 17.1 Å². The standard InChI is InChI=1S/C23H21FN2O3/c1-2-28-19-10-3-16(4-11-19)5-12-22(27)26-14-13-20-21(15-26)25-29-23(20)17-6-8-18(24)9-7-17/h3-12H,2,13-15H2,1H3/b12-5+. The van der Waals surface area contributed by atoms with Crippen molar-refractivity contribution in [3.63, 3.8) is 0 Å². The van der Waals surface area contributed by atoms with Crippen LogP contribution in [0.1, 0.15) is 23.7 Å². The molecule has 148 valence electrons. The lowest BCUT2D eigenvalue weighted by Gasteiger charge is -2.24. The molecule has 0 saturated heterocycles. The maximum Gasteiger partial charge on any atom is 0.246 e. The van der Waals surface area contributed by atoms with Crippen molar-refractivity contribution in [1.82, 2.24) is 10.1 Å². The molecule has 0 bridgehead atoms. The van der Waals surface area contributed by atoms with Gasteiger partial charge in [-0.15, -0.1) is 0 Å². The molecule has 0 unspecified atom stereocenters. The third kappa shape index (κ3) is 4.21. The minimum absolute atomic E-state index is 0.0733. The van der Waals surface area contributed by atoms with Gasteiger partial charge in [0.2, 0.25) is 5.91 Å². The number of benzene rings is 2. The molecule has 29 heavy (non-hydrogen) atoms. The number of nitrogens with zero attached hydrogens (tertiary/aromatic N) is 2. The maximum absolute atomic E-state index is 13.2. The number of carbonyl (C=O) groups is 1. The van der Waals surface area contributed by atoms with E-state index in [-0.39, 0.29) is 11.7 Å². The van der Waals surface area contributed by atoms with Crippen LogP contribution in [0.5, 0.6) is 5.75 Å². The Morgan fingerprint density at radius 1 is 1.21 bits per heavy atom. The molecule has 3 aromatic rings. The van der Waals surface area contributed by atoms with Gasteiger partial charge < -0.3 is 14.2 Å². The molecule has 1 aliphatic heterocycles. The van der Waals surface area contributed by atoms with Crippen LogP contribution in [0.2, 0.25) is 0 Å². The van der Waals surface area contributed by atoms with Crippen LogP contribution in [0, 0.1) is 5.82 Å². The summed E-state index contributed by atoms with van der Waals surface area (Å²) in [5.41, 5.74) is 3.45. The summed E-state index contributed by atoms with van der Waals surface area (Å²) in [5, 5.41) is 4.13. The van der Waals surface area contributed by atoms with Gasteiger partial charge in [0.05, 0.1) is 13.2 Å². The third-order valence-electron chi connectivity index (χ3n) is 4.87. The highest BCUT2D eigenvalue weighted by molar-refractivity contribution is 5.92. The molecular formula is C23H21FN2O3. The van der Waals surface area contributed by atoms with Gasteiger partial charge in [-0.2, -0.15) is 0 Å². The summed E-state index contributed by atoms with van der Waals surface area (Å²) in [4.78, 5) is 14.3. The molecule has 0 N–H and O–H groups in total. The number of carbonyl (C=O) groups excluding carboxylic acids is 1. The summed E-state index contributed by atoms with van der Waals surface area (Å²) in [6, 6.07) is 13.7. The van der Waals surface area contributed by atoms with E-state index in [9.17, 15) is 9.18 Å². The summed E-state index contributed by atoms with van der Waals surface area (Å²) >= 11 is 0. The first-order chi connectivity index (χ1) is 14.1. The molecule has 0 saturated carbocycles. The molecular weight excluding hydrogens is 371 g/mol. The van der Waals surface area contributed by atoms with Crippen molar-refractivity contribution in [3.05, 3.63) is 77.2 Å². The van der Waals surface area contributed by atoms with E-state index in [1.54, 1.807) is 29.2 Å². The van der Waals surface area contributed by atoms with E-state index in [0.29, 0.717) is 31.9 Å². The Bertz CT molecular complexity index is 1020. The lowest BCUT2D eigenvalue weighted by molar-refractivity contribution is -0.126. The average molecular weight is 392 g/mol. The normalized spacial score (nSPS) is 13.5. The Labute approximate surface area is 168 Å². The molecule has 0 radical (unpaired) electrons. The van der Waals surface area contributed by atoms with Crippen LogP contribution in [-0.2, 0) is 17.8 Å². The predicted octanol–water partition coefficient (Wildman–Crippen LogP) is 4.48. The van der Waals surface area contributed by atoms with Gasteiger partial charge in [0.25, 0.3) is 0 Å². The minimum Gasteiger partial charge on any atom is -0.494 e. The predicted molar refractivity (Wildman–Crippen MR) is 108 cm³/mol. The van der Waals surface area contributed by atoms with Crippen LogP contribution in [0.3, 0.4) is 0 Å². The van der Waals surface area contributed by atoms with Crippen LogP contribution in [-0.4, -0.2) is 29.1 Å². The Morgan fingerprint density at radius 3 is 2.69 bits per heavy atom. The Kier molecular flexibility index (Phi) is 5.42. The topological polar surface area (TPSA) is 55.6 Å². The second-order valence-electron chi connectivity index (χ2n) is 6.79. The fourth-order valence-electron chi connectivity index (χ4n) is 3.36. The molecule has 0 atom stereocenters. The lowest BCUT2D eigenvalue weighted by atomic mass is 10.0. The number of aromatic nitrogens is 1. The first kappa shape index (κ1) is 18.9. The summed E-state index contributed by atoms with van der Waals surface area (Å²) in [6.07, 6.45) is 4.01. The van der Waals surface area contributed by atoms with Crippen molar-refractivity contribution < 1.29 is 18.4 Å². The van der Waals surface area contributed by atoms with Crippen LogP contribution >= 0.6 is 0 Å². The van der Waals surface area contributed by atoms with E-state index in [2.05, 4.69) is 5.16 Å². The number of rotatable bonds is 5. The number of ether oxygens (including phenoxy) is 1. The van der Waals surface area contributed by atoms with Crippen molar-refractivity contribution in [2.45, 2.75) is 19.9 Å². The van der Waals surface area contributed by atoms with Crippen molar-refractivity contribution in [2.75, 3.05) is 13.2 Å². The van der Waals surface area contributed by atoms with Gasteiger partial charge in [-0.3, -0.25) is 4.79 Å². The van der Waals surface area contributed by atoms with Crippen LogP contribution in [0.15, 0.2) is 59.1 Å². The molecule has 0 fully saturated rings. The summed E-state index contributed by atoms with van der Waals surface area (Å²) in [7, 11) is 0. The van der Waals surface area contributed by atoms with Gasteiger partial charge in [0.1, 0.15) is 17.3 Å². The number of hydrogen-bond acceptors (Lipinski definition) is 4. The van der Waals surface area contributed by atoms with E-state index in [4.69, 9.17) is 9.26 Å². The fraction of sp³-hybridized carbons (Fsp3) is 0.217. The lowest BCUT2D eigenvalue weighted by Crippen LogP contribution is -2.34. The fourth-order valence-corrected chi connectivity index (χ4v) is 3.36. The van der Waals surface area contributed by atoms with Gasteiger partial charge in [-0.1, -0.05) is 17.3 Å². The van der Waals surface area contributed by atoms with Gasteiger partial charge >= 0.3 is 0 Å². The Morgan fingerprint density at radius 2 is 1.97 bits per heavy atom. The van der Waals surface area contributed by atoms with Gasteiger partial charge in [0, 0.05) is 23.7 Å². The van der Waals surface area contributed by atoms with Crippen molar-refractivity contribution in [2.24, 2.45) is 0 Å². The smallest absolute Gasteiger partial charge is 0.246 e. The van der Waals surface area contributed by atoms with Gasteiger partial charge in [-0.25, -0.2) is 4.39 Å². The van der Waals surface area contributed by atoms with E-state index in [1.807, 2.05) is 31.2 Å². The van der Waals surface area contributed by atoms with Crippen LogP contribution in [0.4, 0.5) is 4.39 Å². The Hall–Kier alpha value is -3.41.